The summed E-state index contributed by atoms with van der Waals surface area (Å²) in [6.07, 6.45) is 0. The van der Waals surface area contributed by atoms with Crippen LogP contribution in [0.5, 0.6) is 0 Å². The lowest BCUT2D eigenvalue weighted by Gasteiger charge is -2.03. The number of nitro groups is 1. The molecule has 0 saturated carbocycles. The highest BCUT2D eigenvalue weighted by Gasteiger charge is 2.15. The van der Waals surface area contributed by atoms with E-state index in [1.807, 2.05) is 0 Å². The van der Waals surface area contributed by atoms with Crippen molar-refractivity contribution >= 4 is 28.6 Å². The average molecular weight is 266 g/mol. The van der Waals surface area contributed by atoms with Crippen molar-refractivity contribution in [2.45, 2.75) is 0 Å². The standard InChI is InChI=1S/C11H7FN2O3S/c12-8-6-7(3-4-9(8)14(16)17)13-11(15)10-2-1-5-18-10/h1-6H,(H,13,15). The number of thiophene rings is 1. The number of amides is 1. The Balaban J connectivity index is 2.18. The van der Waals surface area contributed by atoms with Crippen LogP contribution in [0.3, 0.4) is 0 Å². The second-order valence-corrected chi connectivity index (χ2v) is 4.30. The summed E-state index contributed by atoms with van der Waals surface area (Å²) in [4.78, 5) is 21.7. The molecule has 0 radical (unpaired) electrons. The molecule has 0 aliphatic heterocycles. The Morgan fingerprint density at radius 2 is 2.17 bits per heavy atom. The van der Waals surface area contributed by atoms with Gasteiger partial charge in [0.1, 0.15) is 0 Å². The Bertz CT molecular complexity index is 598. The van der Waals surface area contributed by atoms with Crippen LogP contribution < -0.4 is 5.32 Å². The van der Waals surface area contributed by atoms with Crippen molar-refractivity contribution in [1.29, 1.82) is 0 Å². The minimum Gasteiger partial charge on any atom is -0.321 e. The fourth-order valence-corrected chi connectivity index (χ4v) is 1.95. The zero-order valence-electron chi connectivity index (χ0n) is 8.92. The van der Waals surface area contributed by atoms with E-state index in [1.54, 1.807) is 17.5 Å². The van der Waals surface area contributed by atoms with E-state index in [9.17, 15) is 19.3 Å². The van der Waals surface area contributed by atoms with Gasteiger partial charge in [-0.1, -0.05) is 6.07 Å². The summed E-state index contributed by atoms with van der Waals surface area (Å²) < 4.78 is 13.3. The molecule has 0 aliphatic rings. The topological polar surface area (TPSA) is 72.2 Å². The Kier molecular flexibility index (Phi) is 3.33. The summed E-state index contributed by atoms with van der Waals surface area (Å²) in [5, 5.41) is 14.6. The number of carbonyl (C=O) groups excluding carboxylic acids is 1. The van der Waals surface area contributed by atoms with Crippen molar-refractivity contribution in [3.05, 3.63) is 56.5 Å². The molecule has 1 heterocycles. The van der Waals surface area contributed by atoms with E-state index in [2.05, 4.69) is 5.32 Å². The highest BCUT2D eigenvalue weighted by molar-refractivity contribution is 7.12. The van der Waals surface area contributed by atoms with Crippen molar-refractivity contribution in [3.8, 4) is 0 Å². The number of halogens is 1. The Morgan fingerprint density at radius 3 is 2.72 bits per heavy atom. The molecular formula is C11H7FN2O3S. The number of hydrogen-bond acceptors (Lipinski definition) is 4. The van der Waals surface area contributed by atoms with Crippen molar-refractivity contribution < 1.29 is 14.1 Å². The lowest BCUT2D eigenvalue weighted by atomic mass is 10.2. The molecular weight excluding hydrogens is 259 g/mol. The molecule has 0 unspecified atom stereocenters. The van der Waals surface area contributed by atoms with E-state index in [-0.39, 0.29) is 11.6 Å². The number of rotatable bonds is 3. The van der Waals surface area contributed by atoms with Gasteiger partial charge in [-0.05, 0) is 17.5 Å². The number of benzene rings is 1. The average Bonchev–Trinajstić information content (AvgIpc) is 2.81. The van der Waals surface area contributed by atoms with E-state index in [4.69, 9.17) is 0 Å². The zero-order valence-corrected chi connectivity index (χ0v) is 9.74. The largest absolute Gasteiger partial charge is 0.321 e. The molecule has 1 aromatic carbocycles. The fourth-order valence-electron chi connectivity index (χ4n) is 1.33. The summed E-state index contributed by atoms with van der Waals surface area (Å²) in [7, 11) is 0. The maximum atomic E-state index is 13.3. The Hall–Kier alpha value is -2.28. The third kappa shape index (κ3) is 2.51. The first kappa shape index (κ1) is 12.2. The number of nitrogens with zero attached hydrogens (tertiary/aromatic N) is 1. The van der Waals surface area contributed by atoms with E-state index >= 15 is 0 Å². The van der Waals surface area contributed by atoms with E-state index in [1.165, 1.54) is 17.4 Å². The third-order valence-electron chi connectivity index (χ3n) is 2.15. The monoisotopic (exact) mass is 266 g/mol. The lowest BCUT2D eigenvalue weighted by molar-refractivity contribution is -0.387. The second-order valence-electron chi connectivity index (χ2n) is 3.35. The van der Waals surface area contributed by atoms with Gasteiger partial charge in [-0.2, -0.15) is 4.39 Å². The third-order valence-corrected chi connectivity index (χ3v) is 3.02. The molecule has 0 saturated heterocycles. The summed E-state index contributed by atoms with van der Waals surface area (Å²) in [6.45, 7) is 0. The quantitative estimate of drug-likeness (QED) is 0.685. The van der Waals surface area contributed by atoms with Crippen LogP contribution in [0.15, 0.2) is 35.7 Å². The van der Waals surface area contributed by atoms with Crippen LogP contribution in [-0.2, 0) is 0 Å². The summed E-state index contributed by atoms with van der Waals surface area (Å²) in [6, 6.07) is 6.56. The van der Waals surface area contributed by atoms with Crippen LogP contribution in [0.1, 0.15) is 9.67 Å². The van der Waals surface area contributed by atoms with E-state index < -0.39 is 16.4 Å². The Labute approximate surface area is 105 Å². The maximum Gasteiger partial charge on any atom is 0.304 e. The highest BCUT2D eigenvalue weighted by atomic mass is 32.1. The normalized spacial score (nSPS) is 10.1. The van der Waals surface area contributed by atoms with E-state index in [0.717, 1.165) is 12.1 Å². The lowest BCUT2D eigenvalue weighted by Crippen LogP contribution is -2.10. The fraction of sp³-hybridized carbons (Fsp3) is 0. The minimum absolute atomic E-state index is 0.177. The molecule has 0 fully saturated rings. The first-order valence-corrected chi connectivity index (χ1v) is 5.74. The first-order chi connectivity index (χ1) is 8.58. The summed E-state index contributed by atoms with van der Waals surface area (Å²) in [5.41, 5.74) is -0.444. The molecule has 0 aliphatic carbocycles. The molecule has 7 heteroatoms. The molecule has 18 heavy (non-hydrogen) atoms. The Morgan fingerprint density at radius 1 is 1.39 bits per heavy atom. The molecule has 5 nitrogen and oxygen atoms in total. The summed E-state index contributed by atoms with van der Waals surface area (Å²) in [5.74, 6) is -1.36. The van der Waals surface area contributed by atoms with Gasteiger partial charge < -0.3 is 5.32 Å². The molecule has 0 bridgehead atoms. The van der Waals surface area contributed by atoms with Gasteiger partial charge in [-0.3, -0.25) is 14.9 Å². The highest BCUT2D eigenvalue weighted by Crippen LogP contribution is 2.21. The molecule has 92 valence electrons. The van der Waals surface area contributed by atoms with Crippen LogP contribution in [0, 0.1) is 15.9 Å². The molecule has 1 N–H and O–H groups in total. The molecule has 2 rings (SSSR count). The predicted molar refractivity (Wildman–Crippen MR) is 65.3 cm³/mol. The van der Waals surface area contributed by atoms with Gasteiger partial charge in [0.15, 0.2) is 0 Å². The van der Waals surface area contributed by atoms with Crippen LogP contribution in [0.25, 0.3) is 0 Å². The van der Waals surface area contributed by atoms with Crippen molar-refractivity contribution in [3.63, 3.8) is 0 Å². The first-order valence-electron chi connectivity index (χ1n) is 4.87. The van der Waals surface area contributed by atoms with Gasteiger partial charge in [0.05, 0.1) is 9.80 Å². The van der Waals surface area contributed by atoms with Crippen LogP contribution in [0.4, 0.5) is 15.8 Å². The van der Waals surface area contributed by atoms with Gasteiger partial charge in [-0.25, -0.2) is 0 Å². The van der Waals surface area contributed by atoms with Crippen LogP contribution >= 0.6 is 11.3 Å². The van der Waals surface area contributed by atoms with Crippen molar-refractivity contribution in [2.75, 3.05) is 5.32 Å². The number of hydrogen-bond donors (Lipinski definition) is 1. The van der Waals surface area contributed by atoms with Crippen LogP contribution in [0.2, 0.25) is 0 Å². The van der Waals surface area contributed by atoms with Crippen molar-refractivity contribution in [2.24, 2.45) is 0 Å². The molecule has 0 atom stereocenters. The number of nitro benzene ring substituents is 1. The second kappa shape index (κ2) is 4.92. The number of nitrogens with one attached hydrogen (secondary N) is 1. The molecule has 0 spiro atoms. The van der Waals surface area contributed by atoms with Gasteiger partial charge in [-0.15, -0.1) is 11.3 Å². The molecule has 2 aromatic rings. The van der Waals surface area contributed by atoms with Gasteiger partial charge >= 0.3 is 5.69 Å². The minimum atomic E-state index is -0.982. The van der Waals surface area contributed by atoms with Gasteiger partial charge in [0.2, 0.25) is 5.82 Å². The summed E-state index contributed by atoms with van der Waals surface area (Å²) >= 11 is 1.25. The van der Waals surface area contributed by atoms with Crippen molar-refractivity contribution in [1.82, 2.24) is 0 Å². The zero-order chi connectivity index (χ0) is 13.1. The molecule has 1 amide bonds. The van der Waals surface area contributed by atoms with Gasteiger partial charge in [0, 0.05) is 17.8 Å². The van der Waals surface area contributed by atoms with Gasteiger partial charge in [0.25, 0.3) is 5.91 Å². The molecule has 1 aromatic heterocycles. The predicted octanol–water partition coefficient (Wildman–Crippen LogP) is 3.05. The van der Waals surface area contributed by atoms with Crippen LogP contribution in [-0.4, -0.2) is 10.8 Å². The maximum absolute atomic E-state index is 13.3. The SMILES string of the molecule is O=C(Nc1ccc([N+](=O)[O-])c(F)c1)c1cccs1. The number of anilines is 1. The van der Waals surface area contributed by atoms with E-state index in [0.29, 0.717) is 4.88 Å². The number of carbonyl (C=O) groups is 1. The smallest absolute Gasteiger partial charge is 0.304 e.